The number of methoxy groups -OCH3 is 1. The van der Waals surface area contributed by atoms with Crippen molar-refractivity contribution >= 4 is 17.4 Å². The number of aromatic nitrogens is 4. The summed E-state index contributed by atoms with van der Waals surface area (Å²) in [7, 11) is 4.06. The Bertz CT molecular complexity index is 1110. The van der Waals surface area contributed by atoms with Crippen molar-refractivity contribution in [3.05, 3.63) is 46.9 Å². The predicted octanol–water partition coefficient (Wildman–Crippen LogP) is 5.09. The van der Waals surface area contributed by atoms with E-state index in [4.69, 9.17) is 16.3 Å². The standard InChI is InChI=1S/C18H14ClF6N5O/c1-29(2)16-12(9-6-10(17(20,21)22)8-11(19)7-9)13(18(23,24)25)28-30(16)14-15(31-3)27-5-4-26-14/h4-8H,1-3H3. The van der Waals surface area contributed by atoms with Gasteiger partial charge in [0.2, 0.25) is 5.82 Å². The summed E-state index contributed by atoms with van der Waals surface area (Å²) in [5.41, 5.74) is -3.62. The highest BCUT2D eigenvalue weighted by Crippen LogP contribution is 2.45. The molecule has 0 aliphatic rings. The van der Waals surface area contributed by atoms with Gasteiger partial charge in [0, 0.05) is 31.5 Å². The second-order valence-corrected chi connectivity index (χ2v) is 6.90. The van der Waals surface area contributed by atoms with E-state index in [1.54, 1.807) is 0 Å². The fraction of sp³-hybridized carbons (Fsp3) is 0.278. The van der Waals surface area contributed by atoms with Crippen molar-refractivity contribution in [2.24, 2.45) is 0 Å². The Labute approximate surface area is 177 Å². The first-order chi connectivity index (χ1) is 14.3. The molecular formula is C18H14ClF6N5O. The first-order valence-corrected chi connectivity index (χ1v) is 8.83. The molecule has 0 saturated carbocycles. The zero-order chi connectivity index (χ0) is 23.1. The average Bonchev–Trinajstić information content (AvgIpc) is 3.08. The maximum atomic E-state index is 13.9. The van der Waals surface area contributed by atoms with E-state index in [1.165, 1.54) is 38.5 Å². The Balaban J connectivity index is 2.43. The summed E-state index contributed by atoms with van der Waals surface area (Å²) in [6.45, 7) is 0. The number of halogens is 7. The minimum absolute atomic E-state index is 0.129. The molecule has 0 aliphatic carbocycles. The van der Waals surface area contributed by atoms with Gasteiger partial charge in [-0.1, -0.05) is 11.6 Å². The van der Waals surface area contributed by atoms with E-state index in [0.29, 0.717) is 12.1 Å². The van der Waals surface area contributed by atoms with Gasteiger partial charge in [-0.15, -0.1) is 0 Å². The summed E-state index contributed by atoms with van der Waals surface area (Å²) in [6.07, 6.45) is -7.34. The van der Waals surface area contributed by atoms with E-state index >= 15 is 0 Å². The van der Waals surface area contributed by atoms with Gasteiger partial charge in [0.05, 0.1) is 18.2 Å². The van der Waals surface area contributed by atoms with Crippen LogP contribution in [0.1, 0.15) is 11.3 Å². The van der Waals surface area contributed by atoms with Crippen LogP contribution in [-0.4, -0.2) is 41.0 Å². The highest BCUT2D eigenvalue weighted by atomic mass is 35.5. The summed E-state index contributed by atoms with van der Waals surface area (Å²) in [4.78, 5) is 9.14. The summed E-state index contributed by atoms with van der Waals surface area (Å²) in [5.74, 6) is -0.500. The Morgan fingerprint density at radius 1 is 0.968 bits per heavy atom. The molecule has 0 fully saturated rings. The number of rotatable bonds is 4. The van der Waals surface area contributed by atoms with E-state index in [-0.39, 0.29) is 22.5 Å². The number of benzene rings is 1. The second-order valence-electron chi connectivity index (χ2n) is 6.47. The molecule has 0 atom stereocenters. The van der Waals surface area contributed by atoms with Gasteiger partial charge < -0.3 is 9.64 Å². The smallest absolute Gasteiger partial charge is 0.435 e. The van der Waals surface area contributed by atoms with Crippen LogP contribution in [0.25, 0.3) is 16.9 Å². The quantitative estimate of drug-likeness (QED) is 0.502. The van der Waals surface area contributed by atoms with E-state index in [1.807, 2.05) is 0 Å². The summed E-state index contributed by atoms with van der Waals surface area (Å²) in [6, 6.07) is 2.22. The summed E-state index contributed by atoms with van der Waals surface area (Å²) in [5, 5.41) is 3.24. The number of hydrogen-bond donors (Lipinski definition) is 0. The second kappa shape index (κ2) is 7.91. The number of ether oxygens (including phenoxy) is 1. The van der Waals surface area contributed by atoms with Crippen LogP contribution in [0.2, 0.25) is 5.02 Å². The Hall–Kier alpha value is -3.02. The van der Waals surface area contributed by atoms with Crippen molar-refractivity contribution in [3.8, 4) is 22.8 Å². The van der Waals surface area contributed by atoms with Gasteiger partial charge in [-0.25, -0.2) is 9.97 Å². The first-order valence-electron chi connectivity index (χ1n) is 8.45. The van der Waals surface area contributed by atoms with Crippen LogP contribution in [0.15, 0.2) is 30.6 Å². The maximum Gasteiger partial charge on any atom is 0.435 e. The lowest BCUT2D eigenvalue weighted by Gasteiger charge is -2.18. The molecule has 0 unspecified atom stereocenters. The number of anilines is 1. The van der Waals surface area contributed by atoms with Gasteiger partial charge in [-0.05, 0) is 23.8 Å². The van der Waals surface area contributed by atoms with Crippen molar-refractivity contribution < 1.29 is 31.1 Å². The van der Waals surface area contributed by atoms with Crippen molar-refractivity contribution in [3.63, 3.8) is 0 Å². The van der Waals surface area contributed by atoms with Crippen LogP contribution < -0.4 is 9.64 Å². The molecule has 13 heteroatoms. The molecule has 0 aliphatic heterocycles. The Kier molecular flexibility index (Phi) is 5.78. The predicted molar refractivity (Wildman–Crippen MR) is 100 cm³/mol. The summed E-state index contributed by atoms with van der Waals surface area (Å²) >= 11 is 5.81. The maximum absolute atomic E-state index is 13.9. The third kappa shape index (κ3) is 4.38. The molecule has 0 bridgehead atoms. The Morgan fingerprint density at radius 2 is 1.61 bits per heavy atom. The summed E-state index contributed by atoms with van der Waals surface area (Å²) < 4.78 is 87.4. The van der Waals surface area contributed by atoms with Gasteiger partial charge in [0.15, 0.2) is 5.69 Å². The molecule has 31 heavy (non-hydrogen) atoms. The molecule has 166 valence electrons. The normalized spacial score (nSPS) is 12.2. The SMILES string of the molecule is COc1nccnc1-n1nc(C(F)(F)F)c(-c2cc(Cl)cc(C(F)(F)F)c2)c1N(C)C. The van der Waals surface area contributed by atoms with E-state index in [9.17, 15) is 26.3 Å². The number of hydrogen-bond acceptors (Lipinski definition) is 5. The molecule has 2 aromatic heterocycles. The lowest BCUT2D eigenvalue weighted by atomic mass is 10.0. The minimum Gasteiger partial charge on any atom is -0.478 e. The largest absolute Gasteiger partial charge is 0.478 e. The third-order valence-corrected chi connectivity index (χ3v) is 4.33. The van der Waals surface area contributed by atoms with Gasteiger partial charge in [-0.2, -0.15) is 36.1 Å². The van der Waals surface area contributed by atoms with E-state index < -0.39 is 34.7 Å². The molecule has 6 nitrogen and oxygen atoms in total. The molecule has 0 radical (unpaired) electrons. The topological polar surface area (TPSA) is 56.1 Å². The van der Waals surface area contributed by atoms with Crippen LogP contribution >= 0.6 is 11.6 Å². The molecule has 1 aromatic carbocycles. The van der Waals surface area contributed by atoms with Gasteiger partial charge in [-0.3, -0.25) is 0 Å². The van der Waals surface area contributed by atoms with Gasteiger partial charge in [0.1, 0.15) is 5.82 Å². The van der Waals surface area contributed by atoms with Crippen LogP contribution in [0.5, 0.6) is 5.88 Å². The van der Waals surface area contributed by atoms with Crippen molar-refractivity contribution in [1.29, 1.82) is 0 Å². The molecule has 0 amide bonds. The molecule has 0 spiro atoms. The lowest BCUT2D eigenvalue weighted by Crippen LogP contribution is -2.16. The fourth-order valence-corrected chi connectivity index (χ4v) is 3.17. The number of nitrogens with zero attached hydrogens (tertiary/aromatic N) is 5. The highest BCUT2D eigenvalue weighted by Gasteiger charge is 2.42. The third-order valence-electron chi connectivity index (χ3n) is 4.11. The van der Waals surface area contributed by atoms with E-state index in [0.717, 1.165) is 10.7 Å². The van der Waals surface area contributed by atoms with Gasteiger partial charge in [0.25, 0.3) is 5.88 Å². The molecule has 3 rings (SSSR count). The highest BCUT2D eigenvalue weighted by molar-refractivity contribution is 6.31. The average molecular weight is 466 g/mol. The van der Waals surface area contributed by atoms with Gasteiger partial charge >= 0.3 is 12.4 Å². The van der Waals surface area contributed by atoms with Crippen molar-refractivity contribution in [2.45, 2.75) is 12.4 Å². The van der Waals surface area contributed by atoms with Crippen LogP contribution in [-0.2, 0) is 12.4 Å². The van der Waals surface area contributed by atoms with Crippen LogP contribution in [0, 0.1) is 0 Å². The van der Waals surface area contributed by atoms with Crippen molar-refractivity contribution in [1.82, 2.24) is 19.7 Å². The van der Waals surface area contributed by atoms with Crippen LogP contribution in [0.3, 0.4) is 0 Å². The molecule has 2 heterocycles. The molecule has 3 aromatic rings. The number of alkyl halides is 6. The molecular weight excluding hydrogens is 452 g/mol. The molecule has 0 N–H and O–H groups in total. The van der Waals surface area contributed by atoms with E-state index in [2.05, 4.69) is 15.1 Å². The monoisotopic (exact) mass is 465 g/mol. The van der Waals surface area contributed by atoms with Crippen LogP contribution in [0.4, 0.5) is 32.2 Å². The fourth-order valence-electron chi connectivity index (χ4n) is 2.94. The molecule has 0 saturated heterocycles. The van der Waals surface area contributed by atoms with Crippen molar-refractivity contribution in [2.75, 3.05) is 26.1 Å². The first kappa shape index (κ1) is 22.7. The lowest BCUT2D eigenvalue weighted by molar-refractivity contribution is -0.140. The minimum atomic E-state index is -5.00. The zero-order valence-corrected chi connectivity index (χ0v) is 16.9. The Morgan fingerprint density at radius 3 is 2.16 bits per heavy atom. The zero-order valence-electron chi connectivity index (χ0n) is 16.2.